The summed E-state index contributed by atoms with van der Waals surface area (Å²) < 4.78 is 5.51. The van der Waals surface area contributed by atoms with E-state index in [9.17, 15) is 0 Å². The van der Waals surface area contributed by atoms with Crippen LogP contribution in [0, 0.1) is 0 Å². The minimum Gasteiger partial charge on any atom is -0.495 e. The average Bonchev–Trinajstić information content (AvgIpc) is 2.43. The fourth-order valence-electron chi connectivity index (χ4n) is 2.76. The van der Waals surface area contributed by atoms with E-state index in [0.717, 1.165) is 25.4 Å². The highest BCUT2D eigenvalue weighted by molar-refractivity contribution is 5.59. The van der Waals surface area contributed by atoms with Crippen molar-refractivity contribution >= 4 is 5.69 Å². The topological polar surface area (TPSA) is 27.7 Å². The van der Waals surface area contributed by atoms with Crippen LogP contribution in [0.2, 0.25) is 0 Å². The second kappa shape index (κ2) is 6.26. The minimum atomic E-state index is 0.475. The monoisotopic (exact) mass is 263 g/mol. The van der Waals surface area contributed by atoms with Crippen molar-refractivity contribution in [3.8, 4) is 5.75 Å². The molecule has 1 aromatic carbocycles. The predicted octanol–water partition coefficient (Wildman–Crippen LogP) is 1.42. The molecule has 106 valence electrons. The Hall–Kier alpha value is -1.26. The minimum absolute atomic E-state index is 0.475. The summed E-state index contributed by atoms with van der Waals surface area (Å²) in [5, 5.41) is 3.30. The molecule has 1 saturated heterocycles. The zero-order chi connectivity index (χ0) is 13.8. The number of likely N-dealkylation sites (N-methyl/N-ethyl adjacent to an activating group) is 2. The fourth-order valence-corrected chi connectivity index (χ4v) is 2.76. The lowest BCUT2D eigenvalue weighted by molar-refractivity contribution is 0.198. The molecule has 0 bridgehead atoms. The first kappa shape index (κ1) is 14.2. The van der Waals surface area contributed by atoms with Crippen molar-refractivity contribution in [2.75, 3.05) is 45.7 Å². The Labute approximate surface area is 116 Å². The first-order chi connectivity index (χ1) is 9.17. The highest BCUT2D eigenvalue weighted by Gasteiger charge is 2.30. The molecule has 4 nitrogen and oxygen atoms in total. The van der Waals surface area contributed by atoms with E-state index in [1.165, 1.54) is 5.69 Å². The molecule has 0 aliphatic carbocycles. The van der Waals surface area contributed by atoms with Crippen LogP contribution in [0.5, 0.6) is 5.75 Å². The van der Waals surface area contributed by atoms with Gasteiger partial charge in [0, 0.05) is 25.7 Å². The largest absolute Gasteiger partial charge is 0.495 e. The van der Waals surface area contributed by atoms with Crippen molar-refractivity contribution in [2.24, 2.45) is 0 Å². The molecular formula is C15H25N3O. The molecule has 19 heavy (non-hydrogen) atoms. The lowest BCUT2D eigenvalue weighted by atomic mass is 10.1. The van der Waals surface area contributed by atoms with E-state index in [2.05, 4.69) is 41.2 Å². The molecule has 0 radical (unpaired) electrons. The Balaban J connectivity index is 2.28. The van der Waals surface area contributed by atoms with E-state index < -0.39 is 0 Å². The number of benzene rings is 1. The molecule has 2 rings (SSSR count). The zero-order valence-corrected chi connectivity index (χ0v) is 12.4. The average molecular weight is 263 g/mol. The Kier molecular flexibility index (Phi) is 4.66. The summed E-state index contributed by atoms with van der Waals surface area (Å²) in [6.07, 6.45) is 0. The van der Waals surface area contributed by atoms with Crippen LogP contribution in [0.4, 0.5) is 5.69 Å². The standard InChI is InChI=1S/C15H25N3O/c1-12-10-18(13(9-16-2)11-17(12)3)14-7-5-6-8-15(14)19-4/h5-8,12-13,16H,9-11H2,1-4H3. The molecule has 1 aliphatic rings. The number of hydrogen-bond donors (Lipinski definition) is 1. The fraction of sp³-hybridized carbons (Fsp3) is 0.600. The number of ether oxygens (including phenoxy) is 1. The SMILES string of the molecule is CNCC1CN(C)C(C)CN1c1ccccc1OC. The molecule has 0 spiro atoms. The van der Waals surface area contributed by atoms with E-state index in [0.29, 0.717) is 12.1 Å². The van der Waals surface area contributed by atoms with E-state index >= 15 is 0 Å². The molecule has 1 aromatic rings. The van der Waals surface area contributed by atoms with E-state index in [4.69, 9.17) is 4.74 Å². The third-order valence-electron chi connectivity index (χ3n) is 3.99. The maximum atomic E-state index is 5.51. The van der Waals surface area contributed by atoms with Gasteiger partial charge < -0.3 is 15.0 Å². The highest BCUT2D eigenvalue weighted by Crippen LogP contribution is 2.31. The van der Waals surface area contributed by atoms with Gasteiger partial charge in [0.2, 0.25) is 0 Å². The van der Waals surface area contributed by atoms with Crippen LogP contribution in [-0.4, -0.2) is 57.8 Å². The summed E-state index contributed by atoms with van der Waals surface area (Å²) in [5.74, 6) is 0.959. The summed E-state index contributed by atoms with van der Waals surface area (Å²) >= 11 is 0. The van der Waals surface area contributed by atoms with Crippen molar-refractivity contribution in [3.05, 3.63) is 24.3 Å². The van der Waals surface area contributed by atoms with Crippen LogP contribution in [0.15, 0.2) is 24.3 Å². The number of anilines is 1. The normalized spacial score (nSPS) is 24.5. The van der Waals surface area contributed by atoms with Crippen LogP contribution in [0.25, 0.3) is 0 Å². The molecule has 0 amide bonds. The number of nitrogens with one attached hydrogen (secondary N) is 1. The molecule has 2 unspecified atom stereocenters. The van der Waals surface area contributed by atoms with Crippen molar-refractivity contribution in [2.45, 2.75) is 19.0 Å². The summed E-state index contributed by atoms with van der Waals surface area (Å²) in [6.45, 7) is 5.36. The first-order valence-corrected chi connectivity index (χ1v) is 6.92. The van der Waals surface area contributed by atoms with E-state index in [-0.39, 0.29) is 0 Å². The van der Waals surface area contributed by atoms with Crippen LogP contribution in [0.3, 0.4) is 0 Å². The number of para-hydroxylation sites is 2. The highest BCUT2D eigenvalue weighted by atomic mass is 16.5. The van der Waals surface area contributed by atoms with Gasteiger partial charge in [0.15, 0.2) is 0 Å². The summed E-state index contributed by atoms with van der Waals surface area (Å²) in [5.41, 5.74) is 1.20. The van der Waals surface area contributed by atoms with E-state index in [1.807, 2.05) is 19.2 Å². The molecule has 4 heteroatoms. The van der Waals surface area contributed by atoms with Gasteiger partial charge in [-0.05, 0) is 33.2 Å². The number of piperazine rings is 1. The van der Waals surface area contributed by atoms with Crippen molar-refractivity contribution in [3.63, 3.8) is 0 Å². The summed E-state index contributed by atoms with van der Waals surface area (Å²) in [6, 6.07) is 9.32. The second-order valence-electron chi connectivity index (χ2n) is 5.32. The van der Waals surface area contributed by atoms with Gasteiger partial charge in [0.25, 0.3) is 0 Å². The van der Waals surface area contributed by atoms with Crippen LogP contribution in [0.1, 0.15) is 6.92 Å². The Morgan fingerprint density at radius 1 is 1.32 bits per heavy atom. The predicted molar refractivity (Wildman–Crippen MR) is 80.1 cm³/mol. The van der Waals surface area contributed by atoms with Gasteiger partial charge in [-0.15, -0.1) is 0 Å². The smallest absolute Gasteiger partial charge is 0.142 e. The molecule has 2 atom stereocenters. The zero-order valence-electron chi connectivity index (χ0n) is 12.4. The Morgan fingerprint density at radius 2 is 2.05 bits per heavy atom. The van der Waals surface area contributed by atoms with Crippen molar-refractivity contribution in [1.82, 2.24) is 10.2 Å². The van der Waals surface area contributed by atoms with Crippen molar-refractivity contribution < 1.29 is 4.74 Å². The molecule has 1 heterocycles. The molecule has 1 aliphatic heterocycles. The third-order valence-corrected chi connectivity index (χ3v) is 3.99. The third kappa shape index (κ3) is 3.01. The van der Waals surface area contributed by atoms with Crippen LogP contribution >= 0.6 is 0 Å². The van der Waals surface area contributed by atoms with E-state index in [1.54, 1.807) is 7.11 Å². The van der Waals surface area contributed by atoms with Gasteiger partial charge in [0.05, 0.1) is 18.8 Å². The lowest BCUT2D eigenvalue weighted by Gasteiger charge is -2.45. The summed E-state index contributed by atoms with van der Waals surface area (Å²) in [4.78, 5) is 4.90. The van der Waals surface area contributed by atoms with Crippen molar-refractivity contribution in [1.29, 1.82) is 0 Å². The Morgan fingerprint density at radius 3 is 2.74 bits per heavy atom. The van der Waals surface area contributed by atoms with Crippen LogP contribution in [-0.2, 0) is 0 Å². The van der Waals surface area contributed by atoms with Crippen LogP contribution < -0.4 is 15.0 Å². The van der Waals surface area contributed by atoms with Gasteiger partial charge in [-0.25, -0.2) is 0 Å². The number of hydrogen-bond acceptors (Lipinski definition) is 4. The van der Waals surface area contributed by atoms with Gasteiger partial charge in [-0.3, -0.25) is 4.90 Å². The van der Waals surface area contributed by atoms with Gasteiger partial charge in [-0.1, -0.05) is 12.1 Å². The Bertz CT molecular complexity index is 410. The molecule has 0 aromatic heterocycles. The van der Waals surface area contributed by atoms with Gasteiger partial charge >= 0.3 is 0 Å². The maximum Gasteiger partial charge on any atom is 0.142 e. The maximum absolute atomic E-state index is 5.51. The van der Waals surface area contributed by atoms with Gasteiger partial charge in [0.1, 0.15) is 5.75 Å². The number of nitrogens with zero attached hydrogens (tertiary/aromatic N) is 2. The lowest BCUT2D eigenvalue weighted by Crippen LogP contribution is -2.59. The number of methoxy groups -OCH3 is 1. The molecule has 1 fully saturated rings. The summed E-state index contributed by atoms with van der Waals surface area (Å²) in [7, 11) is 5.96. The molecule has 1 N–H and O–H groups in total. The van der Waals surface area contributed by atoms with Gasteiger partial charge in [-0.2, -0.15) is 0 Å². The molecule has 0 saturated carbocycles. The second-order valence-corrected chi connectivity index (χ2v) is 5.32. The molecular weight excluding hydrogens is 238 g/mol. The first-order valence-electron chi connectivity index (χ1n) is 6.92. The number of rotatable bonds is 4. The quantitative estimate of drug-likeness (QED) is 0.889.